The first-order chi connectivity index (χ1) is 5.27. The van der Waals surface area contributed by atoms with Gasteiger partial charge in [-0.15, -0.1) is 0 Å². The van der Waals surface area contributed by atoms with Crippen LogP contribution in [0.25, 0.3) is 11.2 Å². The highest BCUT2D eigenvalue weighted by atomic mass is 15.1. The van der Waals surface area contributed by atoms with E-state index in [9.17, 15) is 0 Å². The molecule has 0 aliphatic carbocycles. The SMILES string of the molecule is Nc1nc2c(N)n[c]nc2[nH]1. The summed E-state index contributed by atoms with van der Waals surface area (Å²) in [5.41, 5.74) is 11.8. The van der Waals surface area contributed by atoms with Crippen LogP contribution < -0.4 is 11.5 Å². The zero-order valence-corrected chi connectivity index (χ0v) is 5.50. The number of nitrogens with zero attached hydrogens (tertiary/aromatic N) is 3. The summed E-state index contributed by atoms with van der Waals surface area (Å²) in [6.45, 7) is 0. The molecule has 1 radical (unpaired) electrons. The molecule has 2 aromatic rings. The summed E-state index contributed by atoms with van der Waals surface area (Å²) in [5.74, 6) is 0.559. The van der Waals surface area contributed by atoms with Crippen molar-refractivity contribution < 1.29 is 0 Å². The Morgan fingerprint density at radius 1 is 1.27 bits per heavy atom. The van der Waals surface area contributed by atoms with E-state index >= 15 is 0 Å². The molecule has 0 saturated heterocycles. The van der Waals surface area contributed by atoms with Gasteiger partial charge in [0.25, 0.3) is 0 Å². The number of hydrogen-bond acceptors (Lipinski definition) is 5. The molecule has 0 saturated carbocycles. The molecular formula is C5H5N6. The minimum Gasteiger partial charge on any atom is -0.382 e. The van der Waals surface area contributed by atoms with Crippen molar-refractivity contribution in [2.24, 2.45) is 0 Å². The topological polar surface area (TPSA) is 106 Å². The summed E-state index contributed by atoms with van der Waals surface area (Å²) in [6, 6.07) is 0. The minimum atomic E-state index is 0.278. The first-order valence-electron chi connectivity index (χ1n) is 2.92. The Bertz CT molecular complexity index is 391. The highest BCUT2D eigenvalue weighted by Gasteiger charge is 2.03. The predicted molar refractivity (Wildman–Crippen MR) is 39.3 cm³/mol. The van der Waals surface area contributed by atoms with Crippen LogP contribution in [0.1, 0.15) is 0 Å². The van der Waals surface area contributed by atoms with Crippen molar-refractivity contribution in [2.45, 2.75) is 0 Å². The number of nitrogen functional groups attached to an aromatic ring is 2. The summed E-state index contributed by atoms with van der Waals surface area (Å²) >= 11 is 0. The van der Waals surface area contributed by atoms with Crippen molar-refractivity contribution in [3.05, 3.63) is 6.33 Å². The Balaban J connectivity index is 2.90. The number of anilines is 2. The van der Waals surface area contributed by atoms with Crippen molar-refractivity contribution in [2.75, 3.05) is 11.5 Å². The molecule has 0 fully saturated rings. The average molecular weight is 149 g/mol. The molecule has 0 aliphatic rings. The number of rotatable bonds is 0. The van der Waals surface area contributed by atoms with E-state index < -0.39 is 0 Å². The second-order valence-electron chi connectivity index (χ2n) is 2.03. The Hall–Kier alpha value is -1.85. The van der Waals surface area contributed by atoms with E-state index in [0.717, 1.165) is 0 Å². The fraction of sp³-hybridized carbons (Fsp3) is 0. The molecule has 55 valence electrons. The van der Waals surface area contributed by atoms with Crippen LogP contribution in [-0.2, 0) is 0 Å². The van der Waals surface area contributed by atoms with Gasteiger partial charge >= 0.3 is 0 Å². The monoisotopic (exact) mass is 149 g/mol. The molecule has 0 amide bonds. The lowest BCUT2D eigenvalue weighted by Gasteiger charge is -1.87. The van der Waals surface area contributed by atoms with E-state index in [0.29, 0.717) is 11.2 Å². The van der Waals surface area contributed by atoms with E-state index in [4.69, 9.17) is 11.5 Å². The van der Waals surface area contributed by atoms with E-state index in [1.807, 2.05) is 0 Å². The maximum Gasteiger partial charge on any atom is 0.201 e. The molecule has 6 nitrogen and oxygen atoms in total. The number of hydrogen-bond donors (Lipinski definition) is 3. The Morgan fingerprint density at radius 3 is 2.82 bits per heavy atom. The molecule has 0 bridgehead atoms. The zero-order chi connectivity index (χ0) is 7.84. The molecule has 2 rings (SSSR count). The van der Waals surface area contributed by atoms with Crippen LogP contribution >= 0.6 is 0 Å². The molecule has 2 aromatic heterocycles. The van der Waals surface area contributed by atoms with Crippen LogP contribution in [0.4, 0.5) is 11.8 Å². The largest absolute Gasteiger partial charge is 0.382 e. The smallest absolute Gasteiger partial charge is 0.201 e. The van der Waals surface area contributed by atoms with Crippen LogP contribution in [0.15, 0.2) is 0 Å². The summed E-state index contributed by atoms with van der Waals surface area (Å²) in [4.78, 5) is 13.9. The summed E-state index contributed by atoms with van der Waals surface area (Å²) in [7, 11) is 0. The van der Waals surface area contributed by atoms with Gasteiger partial charge in [0, 0.05) is 0 Å². The van der Waals surface area contributed by atoms with Gasteiger partial charge < -0.3 is 16.5 Å². The summed E-state index contributed by atoms with van der Waals surface area (Å²) in [6.07, 6.45) is 2.37. The van der Waals surface area contributed by atoms with Crippen molar-refractivity contribution in [1.29, 1.82) is 0 Å². The highest BCUT2D eigenvalue weighted by Crippen LogP contribution is 2.12. The lowest BCUT2D eigenvalue weighted by Crippen LogP contribution is -1.92. The number of nitrogens with one attached hydrogen (secondary N) is 1. The standard InChI is InChI=1S/C5H5N6/c6-3-2-4(9-1-8-3)11-5(7)10-2/h(H5,6,7,8,9,10,11). The van der Waals surface area contributed by atoms with Crippen molar-refractivity contribution in [3.8, 4) is 0 Å². The second kappa shape index (κ2) is 1.82. The molecule has 0 spiro atoms. The van der Waals surface area contributed by atoms with Crippen LogP contribution in [-0.4, -0.2) is 19.9 Å². The van der Waals surface area contributed by atoms with Gasteiger partial charge in [-0.25, -0.2) is 15.0 Å². The quantitative estimate of drug-likeness (QED) is 0.460. The molecule has 0 atom stereocenters. The lowest BCUT2D eigenvalue weighted by atomic mass is 10.5. The average Bonchev–Trinajstić information content (AvgIpc) is 2.31. The van der Waals surface area contributed by atoms with Gasteiger partial charge in [-0.3, -0.25) is 0 Å². The van der Waals surface area contributed by atoms with Gasteiger partial charge in [0.15, 0.2) is 22.9 Å². The van der Waals surface area contributed by atoms with Crippen LogP contribution in [0, 0.1) is 6.33 Å². The number of nitrogens with two attached hydrogens (primary N) is 2. The van der Waals surface area contributed by atoms with Crippen molar-refractivity contribution in [3.63, 3.8) is 0 Å². The highest BCUT2D eigenvalue weighted by molar-refractivity contribution is 5.82. The number of aromatic nitrogens is 4. The molecule has 6 heteroatoms. The maximum atomic E-state index is 5.45. The molecule has 5 N–H and O–H groups in total. The van der Waals surface area contributed by atoms with Crippen LogP contribution in [0.2, 0.25) is 0 Å². The van der Waals surface area contributed by atoms with E-state index in [-0.39, 0.29) is 11.8 Å². The third-order valence-corrected chi connectivity index (χ3v) is 1.28. The number of imidazole rings is 1. The Labute approximate surface area is 61.7 Å². The maximum absolute atomic E-state index is 5.45. The lowest BCUT2D eigenvalue weighted by molar-refractivity contribution is 1.19. The third kappa shape index (κ3) is 0.759. The first-order valence-corrected chi connectivity index (χ1v) is 2.92. The number of H-pyrrole nitrogens is 1. The molecular weight excluding hydrogens is 144 g/mol. The fourth-order valence-corrected chi connectivity index (χ4v) is 0.823. The molecule has 0 aliphatic heterocycles. The van der Waals surface area contributed by atoms with E-state index in [1.165, 1.54) is 0 Å². The minimum absolute atomic E-state index is 0.278. The molecule has 0 aromatic carbocycles. The molecule has 2 heterocycles. The van der Waals surface area contributed by atoms with Gasteiger partial charge in [-0.1, -0.05) is 0 Å². The fourth-order valence-electron chi connectivity index (χ4n) is 0.823. The normalized spacial score (nSPS) is 10.5. The molecule has 11 heavy (non-hydrogen) atoms. The summed E-state index contributed by atoms with van der Waals surface area (Å²) in [5, 5.41) is 0. The Morgan fingerprint density at radius 2 is 2.09 bits per heavy atom. The van der Waals surface area contributed by atoms with Gasteiger partial charge in [0.05, 0.1) is 0 Å². The van der Waals surface area contributed by atoms with E-state index in [1.54, 1.807) is 0 Å². The van der Waals surface area contributed by atoms with Crippen LogP contribution in [0.5, 0.6) is 0 Å². The van der Waals surface area contributed by atoms with E-state index in [2.05, 4.69) is 26.3 Å². The summed E-state index contributed by atoms with van der Waals surface area (Å²) < 4.78 is 0. The second-order valence-corrected chi connectivity index (χ2v) is 2.03. The Kier molecular flexibility index (Phi) is 0.974. The first kappa shape index (κ1) is 5.90. The van der Waals surface area contributed by atoms with Gasteiger partial charge in [-0.05, 0) is 0 Å². The number of fused-ring (bicyclic) bond motifs is 1. The van der Waals surface area contributed by atoms with Crippen LogP contribution in [0.3, 0.4) is 0 Å². The zero-order valence-electron chi connectivity index (χ0n) is 5.50. The number of aromatic amines is 1. The van der Waals surface area contributed by atoms with Gasteiger partial charge in [0.2, 0.25) is 6.33 Å². The van der Waals surface area contributed by atoms with Crippen molar-refractivity contribution in [1.82, 2.24) is 19.9 Å². The third-order valence-electron chi connectivity index (χ3n) is 1.28. The van der Waals surface area contributed by atoms with Gasteiger partial charge in [0.1, 0.15) is 0 Å². The predicted octanol–water partition coefficient (Wildman–Crippen LogP) is -0.683. The van der Waals surface area contributed by atoms with Gasteiger partial charge in [-0.2, -0.15) is 0 Å². The molecule has 0 unspecified atom stereocenters. The van der Waals surface area contributed by atoms with Crippen molar-refractivity contribution >= 4 is 22.9 Å².